The lowest BCUT2D eigenvalue weighted by Gasteiger charge is -2.14. The molecule has 1 aromatic heterocycles. The molecule has 0 atom stereocenters. The molecule has 0 aliphatic heterocycles. The van der Waals surface area contributed by atoms with Crippen molar-refractivity contribution in [1.82, 2.24) is 0 Å². The van der Waals surface area contributed by atoms with Crippen molar-refractivity contribution in [3.63, 3.8) is 0 Å². The molecule has 3 aromatic rings. The van der Waals surface area contributed by atoms with Crippen LogP contribution in [-0.2, 0) is 9.53 Å². The van der Waals surface area contributed by atoms with E-state index in [0.717, 1.165) is 5.56 Å². The molecule has 0 bridgehead atoms. The smallest absolute Gasteiger partial charge is 0.339 e. The van der Waals surface area contributed by atoms with Gasteiger partial charge in [0.1, 0.15) is 17.3 Å². The summed E-state index contributed by atoms with van der Waals surface area (Å²) in [7, 11) is 2.92. The Morgan fingerprint density at radius 1 is 0.897 bits per heavy atom. The minimum Gasteiger partial charge on any atom is -0.497 e. The predicted octanol–water partition coefficient (Wildman–Crippen LogP) is 4.93. The van der Waals surface area contributed by atoms with Crippen LogP contribution in [0.4, 0.5) is 0 Å². The molecule has 5 heteroatoms. The summed E-state index contributed by atoms with van der Waals surface area (Å²) in [6.45, 7) is 3.21. The van der Waals surface area contributed by atoms with Crippen LogP contribution in [0.25, 0.3) is 11.1 Å². The molecule has 0 spiro atoms. The Labute approximate surface area is 169 Å². The molecule has 0 aliphatic rings. The van der Waals surface area contributed by atoms with Crippen molar-refractivity contribution in [1.29, 1.82) is 0 Å². The molecule has 0 aliphatic carbocycles. The number of carbonyl (C=O) groups excluding carboxylic acids is 2. The Balaban J connectivity index is 2.35. The van der Waals surface area contributed by atoms with Gasteiger partial charge in [-0.2, -0.15) is 0 Å². The summed E-state index contributed by atoms with van der Waals surface area (Å²) in [6, 6.07) is 18.2. The third kappa shape index (κ3) is 4.14. The largest absolute Gasteiger partial charge is 0.497 e. The Bertz CT molecular complexity index is 1060. The molecular weight excluding hydrogens is 368 g/mol. The third-order valence-electron chi connectivity index (χ3n) is 4.62. The fourth-order valence-corrected chi connectivity index (χ4v) is 3.19. The first kappa shape index (κ1) is 20.1. The number of ketones is 1. The first-order chi connectivity index (χ1) is 14.0. The second-order valence-electron chi connectivity index (χ2n) is 6.47. The maximum absolute atomic E-state index is 12.9. The molecule has 0 fully saturated rings. The number of ether oxygens (including phenoxy) is 2. The van der Waals surface area contributed by atoms with Gasteiger partial charge in [0.25, 0.3) is 0 Å². The standard InChI is InChI=1S/C24H22O5/c1-15(25)20-14-21(29-16(20)2)22(17-8-6-5-7-9-17)23(24(26)28-4)18-10-12-19(27-3)13-11-18/h5-14H,1-4H3/b23-22+. The number of furan rings is 1. The highest BCUT2D eigenvalue weighted by molar-refractivity contribution is 6.26. The van der Waals surface area contributed by atoms with E-state index in [1.807, 2.05) is 30.3 Å². The molecule has 3 rings (SSSR count). The van der Waals surface area contributed by atoms with E-state index in [1.54, 1.807) is 44.4 Å². The minimum absolute atomic E-state index is 0.103. The number of carbonyl (C=O) groups is 2. The fraction of sp³-hybridized carbons (Fsp3) is 0.167. The van der Waals surface area contributed by atoms with Crippen molar-refractivity contribution < 1.29 is 23.5 Å². The highest BCUT2D eigenvalue weighted by atomic mass is 16.5. The summed E-state index contributed by atoms with van der Waals surface area (Å²) in [4.78, 5) is 24.8. The molecule has 0 saturated carbocycles. The van der Waals surface area contributed by atoms with E-state index < -0.39 is 5.97 Å². The molecular formula is C24H22O5. The zero-order valence-electron chi connectivity index (χ0n) is 16.8. The normalized spacial score (nSPS) is 11.6. The van der Waals surface area contributed by atoms with Crippen LogP contribution >= 0.6 is 0 Å². The van der Waals surface area contributed by atoms with Crippen LogP contribution in [0.15, 0.2) is 65.1 Å². The van der Waals surface area contributed by atoms with Gasteiger partial charge in [0.15, 0.2) is 5.78 Å². The molecule has 0 N–H and O–H groups in total. The van der Waals surface area contributed by atoms with Crippen LogP contribution < -0.4 is 4.74 Å². The molecule has 5 nitrogen and oxygen atoms in total. The third-order valence-corrected chi connectivity index (χ3v) is 4.62. The van der Waals surface area contributed by atoms with Gasteiger partial charge in [0, 0.05) is 5.57 Å². The van der Waals surface area contributed by atoms with Gasteiger partial charge in [-0.15, -0.1) is 0 Å². The van der Waals surface area contributed by atoms with Crippen LogP contribution in [0, 0.1) is 6.92 Å². The van der Waals surface area contributed by atoms with Gasteiger partial charge < -0.3 is 13.9 Å². The molecule has 29 heavy (non-hydrogen) atoms. The predicted molar refractivity (Wildman–Crippen MR) is 111 cm³/mol. The van der Waals surface area contributed by atoms with Crippen LogP contribution in [0.5, 0.6) is 5.75 Å². The van der Waals surface area contributed by atoms with Gasteiger partial charge in [-0.05, 0) is 43.2 Å². The Morgan fingerprint density at radius 2 is 1.55 bits per heavy atom. The summed E-state index contributed by atoms with van der Waals surface area (Å²) >= 11 is 0. The van der Waals surface area contributed by atoms with Gasteiger partial charge in [-0.25, -0.2) is 4.79 Å². The minimum atomic E-state index is -0.507. The second-order valence-corrected chi connectivity index (χ2v) is 6.47. The van der Waals surface area contributed by atoms with Crippen LogP contribution in [0.1, 0.15) is 39.9 Å². The number of aryl methyl sites for hydroxylation is 1. The Kier molecular flexibility index (Phi) is 5.98. The summed E-state index contributed by atoms with van der Waals surface area (Å²) in [5.74, 6) is 0.989. The summed E-state index contributed by atoms with van der Waals surface area (Å²) < 4.78 is 16.2. The maximum Gasteiger partial charge on any atom is 0.339 e. The number of benzene rings is 2. The number of esters is 1. The van der Waals surface area contributed by atoms with Gasteiger partial charge in [-0.3, -0.25) is 4.79 Å². The topological polar surface area (TPSA) is 65.7 Å². The molecule has 1 heterocycles. The second kappa shape index (κ2) is 8.61. The van der Waals surface area contributed by atoms with Gasteiger partial charge >= 0.3 is 5.97 Å². The van der Waals surface area contributed by atoms with Gasteiger partial charge in [-0.1, -0.05) is 42.5 Å². The van der Waals surface area contributed by atoms with Crippen molar-refractivity contribution in [2.75, 3.05) is 14.2 Å². The van der Waals surface area contributed by atoms with E-state index in [0.29, 0.717) is 39.5 Å². The Hall–Kier alpha value is -3.60. The quantitative estimate of drug-likeness (QED) is 0.258. The van der Waals surface area contributed by atoms with E-state index in [2.05, 4.69) is 0 Å². The molecule has 148 valence electrons. The number of rotatable bonds is 6. The fourth-order valence-electron chi connectivity index (χ4n) is 3.19. The molecule has 0 amide bonds. The maximum atomic E-state index is 12.9. The van der Waals surface area contributed by atoms with E-state index in [9.17, 15) is 9.59 Å². The van der Waals surface area contributed by atoms with E-state index in [-0.39, 0.29) is 5.78 Å². The number of hydrogen-bond acceptors (Lipinski definition) is 5. The lowest BCUT2D eigenvalue weighted by atomic mass is 9.92. The highest BCUT2D eigenvalue weighted by Gasteiger charge is 2.25. The van der Waals surface area contributed by atoms with Crippen LogP contribution in [-0.4, -0.2) is 26.0 Å². The van der Waals surface area contributed by atoms with Gasteiger partial charge in [0.2, 0.25) is 0 Å². The molecule has 0 unspecified atom stereocenters. The Morgan fingerprint density at radius 3 is 2.07 bits per heavy atom. The van der Waals surface area contributed by atoms with Crippen molar-refractivity contribution in [2.24, 2.45) is 0 Å². The molecule has 2 aromatic carbocycles. The van der Waals surface area contributed by atoms with Crippen LogP contribution in [0.2, 0.25) is 0 Å². The first-order valence-corrected chi connectivity index (χ1v) is 9.10. The summed E-state index contributed by atoms with van der Waals surface area (Å²) in [6.07, 6.45) is 0. The number of hydrogen-bond donors (Lipinski definition) is 0. The summed E-state index contributed by atoms with van der Waals surface area (Å²) in [5.41, 5.74) is 2.79. The first-order valence-electron chi connectivity index (χ1n) is 9.10. The van der Waals surface area contributed by atoms with E-state index in [1.165, 1.54) is 14.0 Å². The zero-order chi connectivity index (χ0) is 21.0. The number of methoxy groups -OCH3 is 2. The SMILES string of the molecule is COC(=O)/C(=C(\c1ccccc1)c1cc(C(C)=O)c(C)o1)c1ccc(OC)cc1. The molecule has 0 radical (unpaired) electrons. The highest BCUT2D eigenvalue weighted by Crippen LogP contribution is 2.35. The zero-order valence-corrected chi connectivity index (χ0v) is 16.8. The van der Waals surface area contributed by atoms with E-state index in [4.69, 9.17) is 13.9 Å². The van der Waals surface area contributed by atoms with Gasteiger partial charge in [0.05, 0.1) is 25.4 Å². The average Bonchev–Trinajstić information content (AvgIpc) is 3.13. The van der Waals surface area contributed by atoms with Crippen molar-refractivity contribution >= 4 is 22.9 Å². The van der Waals surface area contributed by atoms with Crippen LogP contribution in [0.3, 0.4) is 0 Å². The van der Waals surface area contributed by atoms with E-state index >= 15 is 0 Å². The molecule has 0 saturated heterocycles. The number of Topliss-reactive ketones (excluding diaryl/α,β-unsaturated/α-hetero) is 1. The van der Waals surface area contributed by atoms with Crippen molar-refractivity contribution in [2.45, 2.75) is 13.8 Å². The van der Waals surface area contributed by atoms with Crippen molar-refractivity contribution in [3.8, 4) is 5.75 Å². The van der Waals surface area contributed by atoms with Crippen molar-refractivity contribution in [3.05, 3.63) is 88.9 Å². The lowest BCUT2D eigenvalue weighted by molar-refractivity contribution is -0.133. The summed E-state index contributed by atoms with van der Waals surface area (Å²) in [5, 5.41) is 0. The lowest BCUT2D eigenvalue weighted by Crippen LogP contribution is -2.08. The average molecular weight is 390 g/mol. The monoisotopic (exact) mass is 390 g/mol.